The van der Waals surface area contributed by atoms with E-state index in [4.69, 9.17) is 17.0 Å². The molecule has 18 heavy (non-hydrogen) atoms. The molecule has 0 aliphatic carbocycles. The van der Waals surface area contributed by atoms with Crippen LogP contribution in [0.3, 0.4) is 0 Å². The number of aromatic amines is 1. The lowest BCUT2D eigenvalue weighted by molar-refractivity contribution is 0.00679. The second kappa shape index (κ2) is 4.47. The Morgan fingerprint density at radius 2 is 2.39 bits per heavy atom. The first-order valence-corrected chi connectivity index (χ1v) is 7.30. The minimum atomic E-state index is -0.0876. The maximum absolute atomic E-state index is 5.86. The first-order valence-electron chi connectivity index (χ1n) is 6.09. The van der Waals surface area contributed by atoms with Crippen molar-refractivity contribution in [2.24, 2.45) is 0 Å². The Morgan fingerprint density at radius 1 is 1.56 bits per heavy atom. The molecule has 1 atom stereocenters. The van der Waals surface area contributed by atoms with E-state index in [1.165, 1.54) is 0 Å². The molecule has 1 N–H and O–H groups in total. The summed E-state index contributed by atoms with van der Waals surface area (Å²) < 4.78 is 9.82. The first-order chi connectivity index (χ1) is 8.57. The number of fused-ring (bicyclic) bond motifs is 1. The third-order valence-electron chi connectivity index (χ3n) is 3.53. The largest absolute Gasteiger partial charge is 0.373 e. The smallest absolute Gasteiger partial charge is 0.178 e. The Kier molecular flexibility index (Phi) is 3.08. The van der Waals surface area contributed by atoms with Crippen molar-refractivity contribution in [3.63, 3.8) is 0 Å². The highest BCUT2D eigenvalue weighted by atomic mass is 79.9. The number of imidazole rings is 1. The van der Waals surface area contributed by atoms with Crippen LogP contribution in [0, 0.1) is 4.77 Å². The lowest BCUT2D eigenvalue weighted by Gasteiger charge is -2.23. The molecule has 0 radical (unpaired) electrons. The second-order valence-corrected chi connectivity index (χ2v) is 6.38. The summed E-state index contributed by atoms with van der Waals surface area (Å²) in [6.07, 6.45) is 2.23. The number of hydrogen-bond donors (Lipinski definition) is 1. The average molecular weight is 327 g/mol. The van der Waals surface area contributed by atoms with Crippen LogP contribution in [-0.4, -0.2) is 21.8 Å². The Bertz CT molecular complexity index is 640. The number of rotatable bonds is 2. The molecule has 1 aliphatic heterocycles. The lowest BCUT2D eigenvalue weighted by atomic mass is 10.0. The average Bonchev–Trinajstić information content (AvgIpc) is 2.86. The molecular formula is C13H15BrN2OS. The van der Waals surface area contributed by atoms with Gasteiger partial charge in [0.15, 0.2) is 4.77 Å². The number of ether oxygens (including phenoxy) is 1. The Morgan fingerprint density at radius 3 is 3.11 bits per heavy atom. The molecule has 5 heteroatoms. The SMILES string of the molecule is CC1(Cn2c(=S)[nH]c3ccc(Br)cc32)CCCO1. The van der Waals surface area contributed by atoms with Crippen molar-refractivity contribution in [1.29, 1.82) is 0 Å². The van der Waals surface area contributed by atoms with Gasteiger partial charge in [0, 0.05) is 11.1 Å². The molecular weight excluding hydrogens is 312 g/mol. The van der Waals surface area contributed by atoms with Gasteiger partial charge in [-0.15, -0.1) is 0 Å². The summed E-state index contributed by atoms with van der Waals surface area (Å²) in [5.41, 5.74) is 2.12. The van der Waals surface area contributed by atoms with Crippen LogP contribution in [0.15, 0.2) is 22.7 Å². The third kappa shape index (κ3) is 2.15. The van der Waals surface area contributed by atoms with E-state index in [1.54, 1.807) is 0 Å². The molecule has 0 saturated carbocycles. The number of nitrogens with zero attached hydrogens (tertiary/aromatic N) is 1. The van der Waals surface area contributed by atoms with E-state index in [-0.39, 0.29) is 5.60 Å². The maximum atomic E-state index is 5.86. The monoisotopic (exact) mass is 326 g/mol. The van der Waals surface area contributed by atoms with Gasteiger partial charge < -0.3 is 14.3 Å². The van der Waals surface area contributed by atoms with Crippen molar-refractivity contribution in [3.8, 4) is 0 Å². The molecule has 2 aromatic rings. The molecule has 1 fully saturated rings. The minimum Gasteiger partial charge on any atom is -0.373 e. The van der Waals surface area contributed by atoms with Gasteiger partial charge in [-0.1, -0.05) is 15.9 Å². The molecule has 2 heterocycles. The number of hydrogen-bond acceptors (Lipinski definition) is 2. The molecule has 0 bridgehead atoms. The fourth-order valence-electron chi connectivity index (χ4n) is 2.58. The summed E-state index contributed by atoms with van der Waals surface area (Å²) in [7, 11) is 0. The van der Waals surface area contributed by atoms with Crippen molar-refractivity contribution in [3.05, 3.63) is 27.4 Å². The van der Waals surface area contributed by atoms with E-state index < -0.39 is 0 Å². The van der Waals surface area contributed by atoms with Gasteiger partial charge in [-0.3, -0.25) is 0 Å². The Labute approximate surface area is 119 Å². The van der Waals surface area contributed by atoms with Gasteiger partial charge in [-0.05, 0) is 50.2 Å². The number of H-pyrrole nitrogens is 1. The van der Waals surface area contributed by atoms with Crippen LogP contribution in [0.25, 0.3) is 11.0 Å². The van der Waals surface area contributed by atoms with Gasteiger partial charge in [0.05, 0.1) is 23.2 Å². The molecule has 0 spiro atoms. The molecule has 1 unspecified atom stereocenters. The second-order valence-electron chi connectivity index (χ2n) is 5.08. The van der Waals surface area contributed by atoms with E-state index in [1.807, 2.05) is 12.1 Å². The fraction of sp³-hybridized carbons (Fsp3) is 0.462. The number of aromatic nitrogens is 2. The van der Waals surface area contributed by atoms with Gasteiger partial charge in [-0.2, -0.15) is 0 Å². The van der Waals surface area contributed by atoms with Crippen molar-refractivity contribution >= 4 is 39.2 Å². The van der Waals surface area contributed by atoms with Gasteiger partial charge in [0.1, 0.15) is 0 Å². The highest BCUT2D eigenvalue weighted by molar-refractivity contribution is 9.10. The van der Waals surface area contributed by atoms with E-state index >= 15 is 0 Å². The zero-order valence-corrected chi connectivity index (χ0v) is 12.6. The van der Waals surface area contributed by atoms with Gasteiger partial charge in [0.2, 0.25) is 0 Å². The van der Waals surface area contributed by atoms with Crippen molar-refractivity contribution in [1.82, 2.24) is 9.55 Å². The van der Waals surface area contributed by atoms with Gasteiger partial charge in [-0.25, -0.2) is 0 Å². The van der Waals surface area contributed by atoms with Crippen LogP contribution in [0.4, 0.5) is 0 Å². The standard InChI is InChI=1S/C13H15BrN2OS/c1-13(5-2-6-17-13)8-16-11-7-9(14)3-4-10(11)15-12(16)18/h3-4,7H,2,5-6,8H2,1H3,(H,15,18). The topological polar surface area (TPSA) is 29.9 Å². The molecule has 1 aromatic heterocycles. The quantitative estimate of drug-likeness (QED) is 0.844. The summed E-state index contributed by atoms with van der Waals surface area (Å²) in [5.74, 6) is 0. The minimum absolute atomic E-state index is 0.0876. The van der Waals surface area contributed by atoms with E-state index in [0.717, 1.165) is 46.3 Å². The summed E-state index contributed by atoms with van der Waals surface area (Å²) >= 11 is 8.93. The van der Waals surface area contributed by atoms with Crippen LogP contribution in [0.2, 0.25) is 0 Å². The van der Waals surface area contributed by atoms with Crippen LogP contribution < -0.4 is 0 Å². The van der Waals surface area contributed by atoms with E-state index in [0.29, 0.717) is 0 Å². The molecule has 3 rings (SSSR count). The van der Waals surface area contributed by atoms with Crippen LogP contribution in [0.5, 0.6) is 0 Å². The van der Waals surface area contributed by atoms with Crippen molar-refractivity contribution in [2.75, 3.05) is 6.61 Å². The van der Waals surface area contributed by atoms with E-state index in [9.17, 15) is 0 Å². The van der Waals surface area contributed by atoms with Crippen LogP contribution >= 0.6 is 28.1 Å². The zero-order chi connectivity index (χ0) is 12.8. The van der Waals surface area contributed by atoms with Crippen LogP contribution in [-0.2, 0) is 11.3 Å². The lowest BCUT2D eigenvalue weighted by Crippen LogP contribution is -2.29. The van der Waals surface area contributed by atoms with Crippen LogP contribution in [0.1, 0.15) is 19.8 Å². The van der Waals surface area contributed by atoms with Crippen molar-refractivity contribution < 1.29 is 4.74 Å². The molecule has 0 amide bonds. The number of nitrogens with one attached hydrogen (secondary N) is 1. The highest BCUT2D eigenvalue weighted by Gasteiger charge is 2.30. The number of benzene rings is 1. The number of halogens is 1. The fourth-order valence-corrected chi connectivity index (χ4v) is 3.20. The summed E-state index contributed by atoms with van der Waals surface area (Å²) in [4.78, 5) is 3.25. The highest BCUT2D eigenvalue weighted by Crippen LogP contribution is 2.29. The zero-order valence-electron chi connectivity index (χ0n) is 10.2. The first kappa shape index (κ1) is 12.4. The Balaban J connectivity index is 2.08. The summed E-state index contributed by atoms with van der Waals surface area (Å²) in [6, 6.07) is 6.16. The molecule has 3 nitrogen and oxygen atoms in total. The molecule has 1 aliphatic rings. The summed E-state index contributed by atoms with van der Waals surface area (Å²) in [6.45, 7) is 3.83. The van der Waals surface area contributed by atoms with Gasteiger partial charge >= 0.3 is 0 Å². The predicted octanol–water partition coefficient (Wildman–Crippen LogP) is 4.03. The predicted molar refractivity (Wildman–Crippen MR) is 78.4 cm³/mol. The normalized spacial score (nSPS) is 23.9. The molecule has 1 aromatic carbocycles. The third-order valence-corrected chi connectivity index (χ3v) is 4.35. The maximum Gasteiger partial charge on any atom is 0.178 e. The van der Waals surface area contributed by atoms with Gasteiger partial charge in [0.25, 0.3) is 0 Å². The summed E-state index contributed by atoms with van der Waals surface area (Å²) in [5, 5.41) is 0. The van der Waals surface area contributed by atoms with Crippen molar-refractivity contribution in [2.45, 2.75) is 31.9 Å². The molecule has 96 valence electrons. The molecule has 1 saturated heterocycles. The Hall–Kier alpha value is -0.650. The van der Waals surface area contributed by atoms with E-state index in [2.05, 4.69) is 38.5 Å².